The Morgan fingerprint density at radius 1 is 1.11 bits per heavy atom. The molecule has 3 fully saturated rings. The summed E-state index contributed by atoms with van der Waals surface area (Å²) in [5.41, 5.74) is 0. The molecule has 0 N–H and O–H groups in total. The third kappa shape index (κ3) is 2.95. The van der Waals surface area contributed by atoms with E-state index in [0.29, 0.717) is 12.0 Å². The normalized spacial score (nSPS) is 31.3. The van der Waals surface area contributed by atoms with Crippen molar-refractivity contribution in [3.05, 3.63) is 0 Å². The number of nitrogens with zero attached hydrogens (tertiary/aromatic N) is 2. The van der Waals surface area contributed by atoms with Gasteiger partial charge < -0.3 is 4.74 Å². The Morgan fingerprint density at radius 2 is 1.84 bits per heavy atom. The highest BCUT2D eigenvalue weighted by atomic mass is 16.5. The Balaban J connectivity index is 1.58. The molecule has 1 aliphatic carbocycles. The van der Waals surface area contributed by atoms with E-state index in [1.165, 1.54) is 58.7 Å². The molecule has 0 bridgehead atoms. The first-order valence-electron chi connectivity index (χ1n) is 7.85. The molecule has 3 aliphatic rings. The van der Waals surface area contributed by atoms with E-state index >= 15 is 0 Å². The van der Waals surface area contributed by atoms with Gasteiger partial charge in [0, 0.05) is 19.1 Å². The van der Waals surface area contributed by atoms with Gasteiger partial charge in [-0.3, -0.25) is 14.6 Å². The van der Waals surface area contributed by atoms with Crippen LogP contribution >= 0.6 is 0 Å². The fourth-order valence-electron chi connectivity index (χ4n) is 3.77. The molecule has 2 aliphatic heterocycles. The zero-order chi connectivity index (χ0) is 13.2. The van der Waals surface area contributed by atoms with Crippen LogP contribution in [0, 0.1) is 5.92 Å². The first-order chi connectivity index (χ1) is 9.29. The van der Waals surface area contributed by atoms with E-state index in [1.54, 1.807) is 0 Å². The molecule has 108 valence electrons. The summed E-state index contributed by atoms with van der Waals surface area (Å²) in [7, 11) is 1.52. The Morgan fingerprint density at radius 3 is 2.47 bits per heavy atom. The maximum Gasteiger partial charge on any atom is 0.323 e. The Kier molecular flexibility index (Phi) is 4.08. The summed E-state index contributed by atoms with van der Waals surface area (Å²) in [5, 5.41) is 0. The molecular formula is C15H26N2O2. The summed E-state index contributed by atoms with van der Waals surface area (Å²) < 4.78 is 5.01. The zero-order valence-corrected chi connectivity index (χ0v) is 12.0. The summed E-state index contributed by atoms with van der Waals surface area (Å²) in [5.74, 6) is 0.550. The highest BCUT2D eigenvalue weighted by molar-refractivity contribution is 5.76. The van der Waals surface area contributed by atoms with Crippen molar-refractivity contribution in [3.63, 3.8) is 0 Å². The number of carbonyl (C=O) groups is 1. The zero-order valence-electron chi connectivity index (χ0n) is 12.0. The summed E-state index contributed by atoms with van der Waals surface area (Å²) in [6.07, 6.45) is 7.70. The maximum atomic E-state index is 12.0. The van der Waals surface area contributed by atoms with Gasteiger partial charge in [0.15, 0.2) is 0 Å². The van der Waals surface area contributed by atoms with Crippen molar-refractivity contribution in [2.75, 3.05) is 33.3 Å². The average Bonchev–Trinajstić information content (AvgIpc) is 3.16. The molecule has 0 aromatic heterocycles. The second-order valence-corrected chi connectivity index (χ2v) is 6.34. The van der Waals surface area contributed by atoms with Crippen LogP contribution in [0.3, 0.4) is 0 Å². The molecule has 2 unspecified atom stereocenters. The van der Waals surface area contributed by atoms with Crippen LogP contribution in [0.1, 0.15) is 38.5 Å². The number of hydrogen-bond donors (Lipinski definition) is 0. The van der Waals surface area contributed by atoms with Crippen molar-refractivity contribution >= 4 is 5.97 Å². The molecule has 2 atom stereocenters. The van der Waals surface area contributed by atoms with Crippen molar-refractivity contribution < 1.29 is 9.53 Å². The fourth-order valence-corrected chi connectivity index (χ4v) is 3.77. The Bertz CT molecular complexity index is 324. The number of esters is 1. The second kappa shape index (κ2) is 5.80. The van der Waals surface area contributed by atoms with E-state index in [2.05, 4.69) is 9.80 Å². The minimum atomic E-state index is -0.0122. The number of piperidine rings is 1. The Labute approximate surface area is 116 Å². The van der Waals surface area contributed by atoms with E-state index in [1.807, 2.05) is 0 Å². The summed E-state index contributed by atoms with van der Waals surface area (Å²) in [6, 6.07) is 0.714. The van der Waals surface area contributed by atoms with E-state index in [0.717, 1.165) is 13.1 Å². The fraction of sp³-hybridized carbons (Fsp3) is 0.933. The van der Waals surface area contributed by atoms with Crippen LogP contribution in [0.4, 0.5) is 0 Å². The van der Waals surface area contributed by atoms with Gasteiger partial charge >= 0.3 is 5.97 Å². The predicted octanol–water partition coefficient (Wildman–Crippen LogP) is 1.50. The summed E-state index contributed by atoms with van der Waals surface area (Å²) in [4.78, 5) is 17.0. The van der Waals surface area contributed by atoms with Crippen molar-refractivity contribution in [2.45, 2.75) is 50.6 Å². The lowest BCUT2D eigenvalue weighted by molar-refractivity contribution is -0.147. The number of carbonyl (C=O) groups excluding carboxylic acids is 1. The first kappa shape index (κ1) is 13.4. The van der Waals surface area contributed by atoms with Gasteiger partial charge in [-0.1, -0.05) is 6.42 Å². The highest BCUT2D eigenvalue weighted by Gasteiger charge is 2.44. The van der Waals surface area contributed by atoms with E-state index in [9.17, 15) is 4.79 Å². The lowest BCUT2D eigenvalue weighted by Crippen LogP contribution is -2.45. The van der Waals surface area contributed by atoms with Crippen LogP contribution in [0.5, 0.6) is 0 Å². The monoisotopic (exact) mass is 266 g/mol. The van der Waals surface area contributed by atoms with Gasteiger partial charge in [-0.05, 0) is 51.1 Å². The van der Waals surface area contributed by atoms with Gasteiger partial charge in [0.25, 0.3) is 0 Å². The quantitative estimate of drug-likeness (QED) is 0.722. The van der Waals surface area contributed by atoms with Crippen LogP contribution < -0.4 is 0 Å². The van der Waals surface area contributed by atoms with E-state index < -0.39 is 0 Å². The average molecular weight is 266 g/mol. The lowest BCUT2D eigenvalue weighted by Gasteiger charge is -2.33. The molecule has 2 heterocycles. The second-order valence-electron chi connectivity index (χ2n) is 6.34. The molecule has 1 saturated carbocycles. The number of methoxy groups -OCH3 is 1. The van der Waals surface area contributed by atoms with Crippen molar-refractivity contribution in [2.24, 2.45) is 5.92 Å². The standard InChI is InChI=1S/C15H26N2O2/c1-19-15(18)14(12-5-6-12)17-10-7-13(11-17)16-8-3-2-4-9-16/h12-14H,2-11H2,1H3. The van der Waals surface area contributed by atoms with Crippen molar-refractivity contribution in [1.29, 1.82) is 0 Å². The van der Waals surface area contributed by atoms with Crippen molar-refractivity contribution in [3.8, 4) is 0 Å². The minimum Gasteiger partial charge on any atom is -0.468 e. The first-order valence-corrected chi connectivity index (χ1v) is 7.85. The summed E-state index contributed by atoms with van der Waals surface area (Å²) in [6.45, 7) is 4.64. The smallest absolute Gasteiger partial charge is 0.323 e. The molecule has 2 saturated heterocycles. The molecule has 0 aromatic rings. The topological polar surface area (TPSA) is 32.8 Å². The number of ether oxygens (including phenoxy) is 1. The molecule has 19 heavy (non-hydrogen) atoms. The van der Waals surface area contributed by atoms with Crippen LogP contribution in [-0.4, -0.2) is 61.1 Å². The van der Waals surface area contributed by atoms with Gasteiger partial charge in [-0.15, -0.1) is 0 Å². The van der Waals surface area contributed by atoms with Crippen LogP contribution in [-0.2, 0) is 9.53 Å². The molecule has 4 heteroatoms. The molecule has 4 nitrogen and oxygen atoms in total. The third-order valence-electron chi connectivity index (χ3n) is 5.01. The molecule has 0 amide bonds. The van der Waals surface area contributed by atoms with Crippen molar-refractivity contribution in [1.82, 2.24) is 9.80 Å². The van der Waals surface area contributed by atoms with Gasteiger partial charge in [0.1, 0.15) is 6.04 Å². The van der Waals surface area contributed by atoms with Gasteiger partial charge in [0.05, 0.1) is 7.11 Å². The molecule has 3 rings (SSSR count). The third-order valence-corrected chi connectivity index (χ3v) is 5.01. The summed E-state index contributed by atoms with van der Waals surface area (Å²) >= 11 is 0. The molecular weight excluding hydrogens is 240 g/mol. The van der Waals surface area contributed by atoms with E-state index in [4.69, 9.17) is 4.74 Å². The lowest BCUT2D eigenvalue weighted by atomic mass is 10.1. The number of likely N-dealkylation sites (tertiary alicyclic amines) is 2. The molecule has 0 spiro atoms. The number of rotatable bonds is 4. The van der Waals surface area contributed by atoms with Gasteiger partial charge in [-0.2, -0.15) is 0 Å². The maximum absolute atomic E-state index is 12.0. The SMILES string of the molecule is COC(=O)C(C1CC1)N1CCC(N2CCCCC2)C1. The van der Waals surface area contributed by atoms with Crippen LogP contribution in [0.15, 0.2) is 0 Å². The molecule has 0 aromatic carbocycles. The van der Waals surface area contributed by atoms with Gasteiger partial charge in [0.2, 0.25) is 0 Å². The van der Waals surface area contributed by atoms with Gasteiger partial charge in [-0.25, -0.2) is 0 Å². The largest absolute Gasteiger partial charge is 0.468 e. The minimum absolute atomic E-state index is 0.0122. The van der Waals surface area contributed by atoms with Crippen LogP contribution in [0.25, 0.3) is 0 Å². The highest BCUT2D eigenvalue weighted by Crippen LogP contribution is 2.37. The predicted molar refractivity (Wildman–Crippen MR) is 73.9 cm³/mol. The van der Waals surface area contributed by atoms with Crippen LogP contribution in [0.2, 0.25) is 0 Å². The Hall–Kier alpha value is -0.610. The number of hydrogen-bond acceptors (Lipinski definition) is 4. The molecule has 0 radical (unpaired) electrons. The van der Waals surface area contributed by atoms with E-state index in [-0.39, 0.29) is 12.0 Å².